The highest BCUT2D eigenvalue weighted by atomic mass is 16.6. The number of hydrogen-bond donors (Lipinski definition) is 1. The Kier molecular flexibility index (Phi) is 5.24. The summed E-state index contributed by atoms with van der Waals surface area (Å²) in [6, 6.07) is 6.85. The lowest BCUT2D eigenvalue weighted by atomic mass is 10.2. The Balaban J connectivity index is 1.85. The molecule has 1 atom stereocenters. The summed E-state index contributed by atoms with van der Waals surface area (Å²) in [5, 5.41) is 14.5. The predicted molar refractivity (Wildman–Crippen MR) is 89.2 cm³/mol. The summed E-state index contributed by atoms with van der Waals surface area (Å²) in [5.74, 6) is 0.723. The largest absolute Gasteiger partial charge is 0.493 e. The molecule has 0 aliphatic carbocycles. The smallest absolute Gasteiger partial charge is 0.373 e. The molecule has 1 fully saturated rings. The van der Waals surface area contributed by atoms with E-state index < -0.39 is 4.92 Å². The lowest BCUT2D eigenvalue weighted by Crippen LogP contribution is -2.19. The third kappa shape index (κ3) is 3.94. The minimum absolute atomic E-state index is 0.0214. The van der Waals surface area contributed by atoms with Crippen LogP contribution in [0.15, 0.2) is 30.6 Å². The lowest BCUT2D eigenvalue weighted by Gasteiger charge is -2.13. The number of anilines is 1. The SMILES string of the molecule is COc1ccccc1Oc1ncnc(NCC2CCCO2)c1[N+](=O)[O-]. The molecule has 2 heterocycles. The molecule has 1 aromatic heterocycles. The average Bonchev–Trinajstić information content (AvgIpc) is 3.14. The first-order valence-electron chi connectivity index (χ1n) is 7.84. The number of rotatable bonds is 7. The van der Waals surface area contributed by atoms with Crippen LogP contribution in [0, 0.1) is 10.1 Å². The molecule has 0 amide bonds. The van der Waals surface area contributed by atoms with Crippen LogP contribution in [0.25, 0.3) is 0 Å². The normalized spacial score (nSPS) is 16.4. The van der Waals surface area contributed by atoms with Gasteiger partial charge in [0.1, 0.15) is 6.33 Å². The van der Waals surface area contributed by atoms with Gasteiger partial charge < -0.3 is 19.5 Å². The Bertz CT molecular complexity index is 749. The number of methoxy groups -OCH3 is 1. The molecule has 25 heavy (non-hydrogen) atoms. The summed E-state index contributed by atoms with van der Waals surface area (Å²) in [6.07, 6.45) is 3.14. The van der Waals surface area contributed by atoms with Crippen molar-refractivity contribution < 1.29 is 19.1 Å². The lowest BCUT2D eigenvalue weighted by molar-refractivity contribution is -0.385. The molecule has 1 aliphatic heterocycles. The molecule has 1 N–H and O–H groups in total. The van der Waals surface area contributed by atoms with Gasteiger partial charge in [-0.15, -0.1) is 0 Å². The fourth-order valence-electron chi connectivity index (χ4n) is 2.55. The van der Waals surface area contributed by atoms with Crippen molar-refractivity contribution in [1.82, 2.24) is 9.97 Å². The number of benzene rings is 1. The second-order valence-corrected chi connectivity index (χ2v) is 5.40. The van der Waals surface area contributed by atoms with Crippen LogP contribution in [0.4, 0.5) is 11.5 Å². The van der Waals surface area contributed by atoms with E-state index in [0.29, 0.717) is 24.7 Å². The van der Waals surface area contributed by atoms with Crippen molar-refractivity contribution in [2.24, 2.45) is 0 Å². The molecular weight excluding hydrogens is 328 g/mol. The summed E-state index contributed by atoms with van der Waals surface area (Å²) in [4.78, 5) is 18.8. The molecule has 9 nitrogen and oxygen atoms in total. The highest BCUT2D eigenvalue weighted by Gasteiger charge is 2.26. The molecule has 1 aromatic carbocycles. The van der Waals surface area contributed by atoms with Crippen LogP contribution in [0.3, 0.4) is 0 Å². The first kappa shape index (κ1) is 16.9. The van der Waals surface area contributed by atoms with Crippen molar-refractivity contribution in [1.29, 1.82) is 0 Å². The van der Waals surface area contributed by atoms with E-state index in [-0.39, 0.29) is 23.5 Å². The maximum absolute atomic E-state index is 11.5. The Hall–Kier alpha value is -2.94. The monoisotopic (exact) mass is 346 g/mol. The van der Waals surface area contributed by atoms with Crippen molar-refractivity contribution in [3.8, 4) is 17.4 Å². The van der Waals surface area contributed by atoms with Gasteiger partial charge in [0.25, 0.3) is 0 Å². The van der Waals surface area contributed by atoms with E-state index in [1.54, 1.807) is 24.3 Å². The number of nitrogens with zero attached hydrogens (tertiary/aromatic N) is 3. The second-order valence-electron chi connectivity index (χ2n) is 5.40. The minimum Gasteiger partial charge on any atom is -0.493 e. The summed E-state index contributed by atoms with van der Waals surface area (Å²) in [6.45, 7) is 1.15. The molecule has 1 unspecified atom stereocenters. The van der Waals surface area contributed by atoms with Crippen LogP contribution >= 0.6 is 0 Å². The number of aromatic nitrogens is 2. The van der Waals surface area contributed by atoms with E-state index in [2.05, 4.69) is 15.3 Å². The van der Waals surface area contributed by atoms with E-state index in [0.717, 1.165) is 12.8 Å². The zero-order valence-corrected chi connectivity index (χ0v) is 13.7. The molecule has 1 aliphatic rings. The highest BCUT2D eigenvalue weighted by molar-refractivity contribution is 5.62. The van der Waals surface area contributed by atoms with E-state index in [9.17, 15) is 10.1 Å². The van der Waals surface area contributed by atoms with Gasteiger partial charge in [0.05, 0.1) is 18.1 Å². The van der Waals surface area contributed by atoms with Crippen molar-refractivity contribution in [3.63, 3.8) is 0 Å². The van der Waals surface area contributed by atoms with Gasteiger partial charge in [0, 0.05) is 13.2 Å². The maximum atomic E-state index is 11.5. The van der Waals surface area contributed by atoms with E-state index in [1.165, 1.54) is 13.4 Å². The van der Waals surface area contributed by atoms with Gasteiger partial charge in [-0.05, 0) is 25.0 Å². The number of para-hydroxylation sites is 2. The molecule has 1 saturated heterocycles. The van der Waals surface area contributed by atoms with Crippen LogP contribution in [0.2, 0.25) is 0 Å². The molecule has 0 spiro atoms. The molecule has 0 bridgehead atoms. The Labute approximate surface area is 144 Å². The average molecular weight is 346 g/mol. The summed E-state index contributed by atoms with van der Waals surface area (Å²) in [7, 11) is 1.49. The zero-order valence-electron chi connectivity index (χ0n) is 13.7. The van der Waals surface area contributed by atoms with Crippen LogP contribution in [0.1, 0.15) is 12.8 Å². The minimum atomic E-state index is -0.567. The van der Waals surface area contributed by atoms with Crippen LogP contribution in [0.5, 0.6) is 17.4 Å². The van der Waals surface area contributed by atoms with E-state index in [1.807, 2.05) is 0 Å². The zero-order chi connectivity index (χ0) is 17.6. The van der Waals surface area contributed by atoms with Gasteiger partial charge in [-0.1, -0.05) is 12.1 Å². The van der Waals surface area contributed by atoms with E-state index in [4.69, 9.17) is 14.2 Å². The van der Waals surface area contributed by atoms with Gasteiger partial charge in [-0.25, -0.2) is 4.98 Å². The molecule has 9 heteroatoms. The topological polar surface area (TPSA) is 109 Å². The van der Waals surface area contributed by atoms with Crippen molar-refractivity contribution in [2.45, 2.75) is 18.9 Å². The van der Waals surface area contributed by atoms with Crippen molar-refractivity contribution >= 4 is 11.5 Å². The standard InChI is InChI=1S/C16H18N4O5/c1-23-12-6-2-3-7-13(12)25-16-14(20(21)22)15(18-10-19-16)17-9-11-5-4-8-24-11/h2-3,6-7,10-11H,4-5,8-9H2,1H3,(H,17,18,19). The summed E-state index contributed by atoms with van der Waals surface area (Å²) in [5.41, 5.74) is -0.327. The molecule has 0 radical (unpaired) electrons. The molecule has 132 valence electrons. The number of hydrogen-bond acceptors (Lipinski definition) is 8. The van der Waals surface area contributed by atoms with Gasteiger partial charge in [-0.2, -0.15) is 4.98 Å². The third-order valence-electron chi connectivity index (χ3n) is 3.77. The maximum Gasteiger partial charge on any atom is 0.373 e. The summed E-state index contributed by atoms with van der Waals surface area (Å²) >= 11 is 0. The fraction of sp³-hybridized carbons (Fsp3) is 0.375. The van der Waals surface area contributed by atoms with Crippen LogP contribution in [-0.2, 0) is 4.74 Å². The Morgan fingerprint density at radius 2 is 2.16 bits per heavy atom. The van der Waals surface area contributed by atoms with Crippen LogP contribution < -0.4 is 14.8 Å². The first-order valence-corrected chi connectivity index (χ1v) is 7.84. The highest BCUT2D eigenvalue weighted by Crippen LogP contribution is 2.37. The Morgan fingerprint density at radius 3 is 2.84 bits per heavy atom. The van der Waals surface area contributed by atoms with Gasteiger partial charge >= 0.3 is 11.6 Å². The van der Waals surface area contributed by atoms with Gasteiger partial charge in [0.2, 0.25) is 5.82 Å². The van der Waals surface area contributed by atoms with Gasteiger partial charge in [-0.3, -0.25) is 10.1 Å². The van der Waals surface area contributed by atoms with Crippen molar-refractivity contribution in [3.05, 3.63) is 40.7 Å². The fourth-order valence-corrected chi connectivity index (χ4v) is 2.55. The number of nitro groups is 1. The summed E-state index contributed by atoms with van der Waals surface area (Å²) < 4.78 is 16.3. The van der Waals surface area contributed by atoms with Crippen molar-refractivity contribution in [2.75, 3.05) is 25.6 Å². The molecule has 3 rings (SSSR count). The van der Waals surface area contributed by atoms with Crippen LogP contribution in [-0.4, -0.2) is 41.3 Å². The Morgan fingerprint density at radius 1 is 1.36 bits per heavy atom. The molecule has 2 aromatic rings. The molecular formula is C16H18N4O5. The van der Waals surface area contributed by atoms with E-state index >= 15 is 0 Å². The number of nitrogens with one attached hydrogen (secondary N) is 1. The number of ether oxygens (including phenoxy) is 3. The predicted octanol–water partition coefficient (Wildman–Crippen LogP) is 2.78. The molecule has 0 saturated carbocycles. The third-order valence-corrected chi connectivity index (χ3v) is 3.77. The second kappa shape index (κ2) is 7.75. The first-order chi connectivity index (χ1) is 12.2. The van der Waals surface area contributed by atoms with Gasteiger partial charge in [0.15, 0.2) is 11.5 Å². The quantitative estimate of drug-likeness (QED) is 0.602.